The van der Waals surface area contributed by atoms with Gasteiger partial charge in [0, 0.05) is 19.6 Å². The van der Waals surface area contributed by atoms with Gasteiger partial charge < -0.3 is 14.7 Å². The standard InChI is InChI=1S/C13H17ClN2O6S/c14-11-3-1-2-10(12(11)23(19,20)15-18)13(17)22-9-6-16-4-7-21-8-5-16/h1-3,15,18H,4-9H2. The molecule has 128 valence electrons. The van der Waals surface area contributed by atoms with Crippen LogP contribution in [-0.2, 0) is 19.5 Å². The molecular formula is C13H17ClN2O6S. The van der Waals surface area contributed by atoms with E-state index in [0.29, 0.717) is 19.8 Å². The number of nitrogens with one attached hydrogen (secondary N) is 1. The van der Waals surface area contributed by atoms with Gasteiger partial charge in [0.15, 0.2) is 0 Å². The lowest BCUT2D eigenvalue weighted by Crippen LogP contribution is -2.38. The molecule has 0 atom stereocenters. The Kier molecular flexibility index (Phi) is 6.33. The van der Waals surface area contributed by atoms with Gasteiger partial charge in [-0.25, -0.2) is 13.2 Å². The Morgan fingerprint density at radius 3 is 2.74 bits per heavy atom. The van der Waals surface area contributed by atoms with Gasteiger partial charge in [-0.2, -0.15) is 0 Å². The SMILES string of the molecule is O=C(OCCN1CCOCC1)c1cccc(Cl)c1S(=O)(=O)NO. The maximum atomic E-state index is 12.1. The summed E-state index contributed by atoms with van der Waals surface area (Å²) in [5.74, 6) is -0.824. The van der Waals surface area contributed by atoms with E-state index in [2.05, 4.69) is 4.90 Å². The van der Waals surface area contributed by atoms with Crippen LogP contribution in [0.1, 0.15) is 10.4 Å². The highest BCUT2D eigenvalue weighted by atomic mass is 35.5. The second kappa shape index (κ2) is 8.04. The molecule has 10 heteroatoms. The molecule has 0 aliphatic carbocycles. The summed E-state index contributed by atoms with van der Waals surface area (Å²) in [6.45, 7) is 3.40. The highest BCUT2D eigenvalue weighted by Gasteiger charge is 2.26. The highest BCUT2D eigenvalue weighted by Crippen LogP contribution is 2.25. The molecule has 1 aliphatic rings. The van der Waals surface area contributed by atoms with Gasteiger partial charge in [-0.1, -0.05) is 22.6 Å². The third-order valence-electron chi connectivity index (χ3n) is 3.32. The summed E-state index contributed by atoms with van der Waals surface area (Å²) in [5, 5.41) is 8.57. The lowest BCUT2D eigenvalue weighted by atomic mass is 10.2. The monoisotopic (exact) mass is 364 g/mol. The van der Waals surface area contributed by atoms with Crippen LogP contribution in [0.5, 0.6) is 0 Å². The molecule has 0 amide bonds. The van der Waals surface area contributed by atoms with Crippen molar-refractivity contribution in [2.75, 3.05) is 39.5 Å². The van der Waals surface area contributed by atoms with E-state index >= 15 is 0 Å². The van der Waals surface area contributed by atoms with Crippen LogP contribution in [-0.4, -0.2) is 63.9 Å². The number of rotatable bonds is 6. The zero-order chi connectivity index (χ0) is 16.9. The van der Waals surface area contributed by atoms with Crippen molar-refractivity contribution in [2.24, 2.45) is 0 Å². The fraction of sp³-hybridized carbons (Fsp3) is 0.462. The van der Waals surface area contributed by atoms with Crippen LogP contribution in [0.25, 0.3) is 0 Å². The van der Waals surface area contributed by atoms with Crippen molar-refractivity contribution in [3.8, 4) is 0 Å². The molecule has 2 rings (SSSR count). The number of carbonyl (C=O) groups is 1. The van der Waals surface area contributed by atoms with E-state index in [0.717, 1.165) is 18.0 Å². The Hall–Kier alpha value is -1.23. The summed E-state index contributed by atoms with van der Waals surface area (Å²) in [7, 11) is -4.30. The fourth-order valence-electron chi connectivity index (χ4n) is 2.16. The summed E-state index contributed by atoms with van der Waals surface area (Å²) in [6, 6.07) is 4.00. The number of esters is 1. The predicted molar refractivity (Wildman–Crippen MR) is 81.1 cm³/mol. The highest BCUT2D eigenvalue weighted by molar-refractivity contribution is 7.89. The first-order valence-electron chi connectivity index (χ1n) is 6.87. The quantitative estimate of drug-likeness (QED) is 0.559. The first-order chi connectivity index (χ1) is 11.0. The number of hydrogen-bond donors (Lipinski definition) is 2. The number of morpholine rings is 1. The fourth-order valence-corrected chi connectivity index (χ4v) is 3.49. The minimum atomic E-state index is -4.30. The summed E-state index contributed by atoms with van der Waals surface area (Å²) < 4.78 is 33.9. The molecule has 1 heterocycles. The summed E-state index contributed by atoms with van der Waals surface area (Å²) >= 11 is 5.83. The second-order valence-corrected chi connectivity index (χ2v) is 6.81. The van der Waals surface area contributed by atoms with Gasteiger partial charge >= 0.3 is 5.97 Å². The summed E-state index contributed by atoms with van der Waals surface area (Å²) in [6.07, 6.45) is 0. The average molecular weight is 365 g/mol. The van der Waals surface area contributed by atoms with Crippen LogP contribution in [0.4, 0.5) is 0 Å². The Morgan fingerprint density at radius 1 is 1.39 bits per heavy atom. The molecule has 0 radical (unpaired) electrons. The molecule has 0 aromatic heterocycles. The van der Waals surface area contributed by atoms with E-state index in [1.54, 1.807) is 0 Å². The van der Waals surface area contributed by atoms with Crippen LogP contribution in [0, 0.1) is 0 Å². The molecular weight excluding hydrogens is 348 g/mol. The molecule has 8 nitrogen and oxygen atoms in total. The zero-order valence-corrected chi connectivity index (χ0v) is 13.8. The number of hydrogen-bond acceptors (Lipinski definition) is 7. The van der Waals surface area contributed by atoms with E-state index in [-0.39, 0.29) is 17.2 Å². The number of nitrogens with zero attached hydrogens (tertiary/aromatic N) is 1. The maximum absolute atomic E-state index is 12.1. The normalized spacial score (nSPS) is 16.3. The molecule has 1 saturated heterocycles. The van der Waals surface area contributed by atoms with E-state index in [1.807, 2.05) is 0 Å². The number of halogens is 1. The van der Waals surface area contributed by atoms with Crippen molar-refractivity contribution < 1.29 is 27.9 Å². The third kappa shape index (κ3) is 4.63. The maximum Gasteiger partial charge on any atom is 0.339 e. The van der Waals surface area contributed by atoms with Gasteiger partial charge in [0.05, 0.1) is 23.8 Å². The second-order valence-electron chi connectivity index (χ2n) is 4.80. The van der Waals surface area contributed by atoms with Gasteiger partial charge in [-0.3, -0.25) is 4.90 Å². The lowest BCUT2D eigenvalue weighted by Gasteiger charge is -2.26. The zero-order valence-electron chi connectivity index (χ0n) is 12.2. The van der Waals surface area contributed by atoms with Gasteiger partial charge in [0.1, 0.15) is 11.5 Å². The van der Waals surface area contributed by atoms with Crippen molar-refractivity contribution in [2.45, 2.75) is 4.90 Å². The number of ether oxygens (including phenoxy) is 2. The molecule has 1 aromatic carbocycles. The smallest absolute Gasteiger partial charge is 0.339 e. The molecule has 0 spiro atoms. The van der Waals surface area contributed by atoms with Crippen LogP contribution in [0.15, 0.2) is 23.1 Å². The van der Waals surface area contributed by atoms with Crippen molar-refractivity contribution in [1.29, 1.82) is 0 Å². The number of benzene rings is 1. The summed E-state index contributed by atoms with van der Waals surface area (Å²) in [5.41, 5.74) is -0.235. The Balaban J connectivity index is 2.06. The van der Waals surface area contributed by atoms with E-state index in [9.17, 15) is 13.2 Å². The molecule has 2 N–H and O–H groups in total. The van der Waals surface area contributed by atoms with Crippen LogP contribution < -0.4 is 4.89 Å². The molecule has 23 heavy (non-hydrogen) atoms. The lowest BCUT2D eigenvalue weighted by molar-refractivity contribution is 0.0194. The van der Waals surface area contributed by atoms with Crippen LogP contribution in [0.3, 0.4) is 0 Å². The first kappa shape index (κ1) is 18.1. The van der Waals surface area contributed by atoms with Gasteiger partial charge in [0.25, 0.3) is 10.0 Å². The molecule has 1 fully saturated rings. The average Bonchev–Trinajstić information content (AvgIpc) is 2.55. The van der Waals surface area contributed by atoms with Crippen molar-refractivity contribution in [3.05, 3.63) is 28.8 Å². The van der Waals surface area contributed by atoms with E-state index in [4.69, 9.17) is 26.3 Å². The Morgan fingerprint density at radius 2 is 2.09 bits per heavy atom. The van der Waals surface area contributed by atoms with Gasteiger partial charge in [0.2, 0.25) is 0 Å². The minimum Gasteiger partial charge on any atom is -0.461 e. The third-order valence-corrected chi connectivity index (χ3v) is 4.96. The molecule has 1 aromatic rings. The van der Waals surface area contributed by atoms with Crippen LogP contribution >= 0.6 is 11.6 Å². The largest absolute Gasteiger partial charge is 0.461 e. The minimum absolute atomic E-state index is 0.109. The summed E-state index contributed by atoms with van der Waals surface area (Å²) in [4.78, 5) is 14.8. The number of sulfonamides is 1. The van der Waals surface area contributed by atoms with Crippen molar-refractivity contribution in [1.82, 2.24) is 9.79 Å². The molecule has 1 aliphatic heterocycles. The van der Waals surface area contributed by atoms with Gasteiger partial charge in [-0.05, 0) is 12.1 Å². The predicted octanol–water partition coefficient (Wildman–Crippen LogP) is 0.496. The molecule has 0 saturated carbocycles. The van der Waals surface area contributed by atoms with E-state index in [1.165, 1.54) is 18.2 Å². The molecule has 0 unspecified atom stereocenters. The molecule has 0 bridgehead atoms. The van der Waals surface area contributed by atoms with Crippen molar-refractivity contribution in [3.63, 3.8) is 0 Å². The Bertz CT molecular complexity index is 660. The van der Waals surface area contributed by atoms with Crippen LogP contribution in [0.2, 0.25) is 5.02 Å². The van der Waals surface area contributed by atoms with Gasteiger partial charge in [-0.15, -0.1) is 0 Å². The Labute approximate surface area is 138 Å². The topological polar surface area (TPSA) is 105 Å². The first-order valence-corrected chi connectivity index (χ1v) is 8.73. The number of carbonyl (C=O) groups excluding carboxylic acids is 1. The van der Waals surface area contributed by atoms with Crippen molar-refractivity contribution >= 4 is 27.6 Å². The van der Waals surface area contributed by atoms with E-state index < -0.39 is 20.9 Å².